The van der Waals surface area contributed by atoms with E-state index in [2.05, 4.69) is 20.4 Å². The Labute approximate surface area is 115 Å². The van der Waals surface area contributed by atoms with Crippen LogP contribution < -0.4 is 4.90 Å². The van der Waals surface area contributed by atoms with Crippen LogP contribution >= 0.6 is 0 Å². The first-order valence-electron chi connectivity index (χ1n) is 6.98. The van der Waals surface area contributed by atoms with Crippen LogP contribution in [0.4, 0.5) is 10.5 Å². The summed E-state index contributed by atoms with van der Waals surface area (Å²) in [6.07, 6.45) is 4.02. The zero-order valence-electron chi connectivity index (χ0n) is 11.7. The van der Waals surface area contributed by atoms with E-state index in [-0.39, 0.29) is 18.1 Å². The van der Waals surface area contributed by atoms with Gasteiger partial charge in [-0.1, -0.05) is 37.6 Å². The predicted molar refractivity (Wildman–Crippen MR) is 79.4 cm³/mol. The fourth-order valence-electron chi connectivity index (χ4n) is 2.64. The molecule has 1 aliphatic heterocycles. The van der Waals surface area contributed by atoms with Gasteiger partial charge in [-0.25, -0.2) is 4.79 Å². The lowest BCUT2D eigenvalue weighted by atomic mass is 10.1. The van der Waals surface area contributed by atoms with Crippen molar-refractivity contribution in [2.24, 2.45) is 0 Å². The Balaban J connectivity index is 2.27. The number of carbonyl (C=O) groups is 1. The molecule has 0 radical (unpaired) electrons. The van der Waals surface area contributed by atoms with Crippen LogP contribution in [0, 0.1) is 0 Å². The molecule has 0 bridgehead atoms. The van der Waals surface area contributed by atoms with Crippen molar-refractivity contribution in [2.75, 3.05) is 11.4 Å². The number of anilines is 1. The molecule has 0 aromatic heterocycles. The van der Waals surface area contributed by atoms with Crippen molar-refractivity contribution in [1.82, 2.24) is 4.90 Å². The van der Waals surface area contributed by atoms with Crippen molar-refractivity contribution in [3.8, 4) is 0 Å². The van der Waals surface area contributed by atoms with Gasteiger partial charge in [-0.2, -0.15) is 0 Å². The SMILES string of the molecule is C=CC1C(C)N(CCCC)C(=O)N1c1ccccc1. The zero-order valence-corrected chi connectivity index (χ0v) is 11.7. The number of unbranched alkanes of at least 4 members (excludes halogenated alkanes) is 1. The smallest absolute Gasteiger partial charge is 0.319 e. The molecule has 1 fully saturated rings. The number of carbonyl (C=O) groups excluding carboxylic acids is 1. The molecule has 0 N–H and O–H groups in total. The normalized spacial score (nSPS) is 22.9. The van der Waals surface area contributed by atoms with E-state index in [9.17, 15) is 4.79 Å². The van der Waals surface area contributed by atoms with Gasteiger partial charge in [-0.05, 0) is 25.5 Å². The summed E-state index contributed by atoms with van der Waals surface area (Å²) in [5.74, 6) is 0. The summed E-state index contributed by atoms with van der Waals surface area (Å²) in [6, 6.07) is 10.2. The van der Waals surface area contributed by atoms with Crippen molar-refractivity contribution >= 4 is 11.7 Å². The summed E-state index contributed by atoms with van der Waals surface area (Å²) < 4.78 is 0. The van der Waals surface area contributed by atoms with Crippen LogP contribution in [0.2, 0.25) is 0 Å². The molecule has 3 nitrogen and oxygen atoms in total. The van der Waals surface area contributed by atoms with Crippen LogP contribution in [0.15, 0.2) is 43.0 Å². The minimum absolute atomic E-state index is 0.0479. The average Bonchev–Trinajstić information content (AvgIpc) is 2.68. The molecule has 0 saturated carbocycles. The molecular formula is C16H22N2O. The van der Waals surface area contributed by atoms with Crippen molar-refractivity contribution in [3.05, 3.63) is 43.0 Å². The number of urea groups is 1. The molecule has 1 saturated heterocycles. The minimum Gasteiger partial charge on any atom is -0.319 e. The molecule has 1 heterocycles. The number of hydrogen-bond donors (Lipinski definition) is 0. The summed E-state index contributed by atoms with van der Waals surface area (Å²) in [4.78, 5) is 16.4. The van der Waals surface area contributed by atoms with Gasteiger partial charge in [0.05, 0.1) is 12.1 Å². The second kappa shape index (κ2) is 5.91. The molecule has 2 atom stereocenters. The predicted octanol–water partition coefficient (Wildman–Crippen LogP) is 3.67. The summed E-state index contributed by atoms with van der Waals surface area (Å²) in [6.45, 7) is 8.97. The molecule has 0 spiro atoms. The van der Waals surface area contributed by atoms with E-state index >= 15 is 0 Å². The van der Waals surface area contributed by atoms with Gasteiger partial charge >= 0.3 is 6.03 Å². The molecule has 2 rings (SSSR count). The molecule has 2 unspecified atom stereocenters. The molecule has 19 heavy (non-hydrogen) atoms. The highest BCUT2D eigenvalue weighted by atomic mass is 16.2. The van der Waals surface area contributed by atoms with E-state index in [0.717, 1.165) is 25.1 Å². The summed E-state index contributed by atoms with van der Waals surface area (Å²) in [5, 5.41) is 0. The molecule has 2 amide bonds. The fourth-order valence-corrected chi connectivity index (χ4v) is 2.64. The van der Waals surface area contributed by atoms with Gasteiger partial charge in [0, 0.05) is 12.2 Å². The van der Waals surface area contributed by atoms with Gasteiger partial charge in [0.25, 0.3) is 0 Å². The quantitative estimate of drug-likeness (QED) is 0.739. The maximum atomic E-state index is 12.6. The van der Waals surface area contributed by atoms with E-state index in [0.29, 0.717) is 0 Å². The third kappa shape index (κ3) is 2.50. The first kappa shape index (κ1) is 13.7. The first-order valence-corrected chi connectivity index (χ1v) is 6.98. The van der Waals surface area contributed by atoms with Crippen LogP contribution in [-0.4, -0.2) is 29.6 Å². The molecular weight excluding hydrogens is 236 g/mol. The molecule has 102 valence electrons. The maximum Gasteiger partial charge on any atom is 0.325 e. The number of benzene rings is 1. The third-order valence-corrected chi connectivity index (χ3v) is 3.76. The highest BCUT2D eigenvalue weighted by Gasteiger charge is 2.41. The Morgan fingerprint density at radius 1 is 1.32 bits per heavy atom. The Morgan fingerprint density at radius 3 is 2.58 bits per heavy atom. The van der Waals surface area contributed by atoms with E-state index in [1.54, 1.807) is 0 Å². The lowest BCUT2D eigenvalue weighted by molar-refractivity contribution is 0.207. The Morgan fingerprint density at radius 2 is 2.00 bits per heavy atom. The lowest BCUT2D eigenvalue weighted by Crippen LogP contribution is -2.34. The molecule has 3 heteroatoms. The van der Waals surface area contributed by atoms with Crippen molar-refractivity contribution in [1.29, 1.82) is 0 Å². The van der Waals surface area contributed by atoms with Gasteiger partial charge < -0.3 is 4.90 Å². The second-order valence-electron chi connectivity index (χ2n) is 5.00. The van der Waals surface area contributed by atoms with Crippen LogP contribution in [0.1, 0.15) is 26.7 Å². The van der Waals surface area contributed by atoms with Gasteiger partial charge in [-0.3, -0.25) is 4.90 Å². The van der Waals surface area contributed by atoms with Gasteiger partial charge in [-0.15, -0.1) is 6.58 Å². The molecule has 0 aliphatic carbocycles. The highest BCUT2D eigenvalue weighted by molar-refractivity contribution is 5.96. The average molecular weight is 258 g/mol. The van der Waals surface area contributed by atoms with Crippen LogP contribution in [0.5, 0.6) is 0 Å². The first-order chi connectivity index (χ1) is 9.20. The number of nitrogens with zero attached hydrogens (tertiary/aromatic N) is 2. The number of rotatable bonds is 5. The van der Waals surface area contributed by atoms with Crippen molar-refractivity contribution in [3.63, 3.8) is 0 Å². The second-order valence-corrected chi connectivity index (χ2v) is 5.00. The number of hydrogen-bond acceptors (Lipinski definition) is 1. The van der Waals surface area contributed by atoms with Crippen molar-refractivity contribution in [2.45, 2.75) is 38.8 Å². The van der Waals surface area contributed by atoms with Crippen LogP contribution in [0.3, 0.4) is 0 Å². The fraction of sp³-hybridized carbons (Fsp3) is 0.438. The van der Waals surface area contributed by atoms with E-state index in [4.69, 9.17) is 0 Å². The highest BCUT2D eigenvalue weighted by Crippen LogP contribution is 2.29. The third-order valence-electron chi connectivity index (χ3n) is 3.76. The van der Waals surface area contributed by atoms with Gasteiger partial charge in [0.1, 0.15) is 0 Å². The topological polar surface area (TPSA) is 23.6 Å². The molecule has 1 aromatic carbocycles. The Hall–Kier alpha value is -1.77. The maximum absolute atomic E-state index is 12.6. The Bertz CT molecular complexity index is 443. The zero-order chi connectivity index (χ0) is 13.8. The number of amides is 2. The van der Waals surface area contributed by atoms with E-state index in [1.807, 2.05) is 46.2 Å². The summed E-state index contributed by atoms with van der Waals surface area (Å²) in [5.41, 5.74) is 0.947. The van der Waals surface area contributed by atoms with Gasteiger partial charge in [0.2, 0.25) is 0 Å². The van der Waals surface area contributed by atoms with E-state index < -0.39 is 0 Å². The van der Waals surface area contributed by atoms with Crippen LogP contribution in [0.25, 0.3) is 0 Å². The standard InChI is InChI=1S/C16H22N2O/c1-4-6-12-17-13(3)15(5-2)18(16(17)19)14-10-8-7-9-11-14/h5,7-11,13,15H,2,4,6,12H2,1,3H3. The monoisotopic (exact) mass is 258 g/mol. The largest absolute Gasteiger partial charge is 0.325 e. The summed E-state index contributed by atoms with van der Waals surface area (Å²) >= 11 is 0. The lowest BCUT2D eigenvalue weighted by Gasteiger charge is -2.22. The van der Waals surface area contributed by atoms with Crippen molar-refractivity contribution < 1.29 is 4.79 Å². The van der Waals surface area contributed by atoms with E-state index in [1.165, 1.54) is 0 Å². The molecule has 1 aromatic rings. The van der Waals surface area contributed by atoms with Crippen LogP contribution in [-0.2, 0) is 0 Å². The molecule has 1 aliphatic rings. The van der Waals surface area contributed by atoms with Gasteiger partial charge in [0.15, 0.2) is 0 Å². The minimum atomic E-state index is 0.0479. The Kier molecular flexibility index (Phi) is 4.25. The number of para-hydroxylation sites is 1. The summed E-state index contributed by atoms with van der Waals surface area (Å²) in [7, 11) is 0.